The van der Waals surface area contributed by atoms with Gasteiger partial charge in [-0.25, -0.2) is 4.98 Å². The molecule has 80 valence electrons. The summed E-state index contributed by atoms with van der Waals surface area (Å²) in [4.78, 5) is 19.5. The van der Waals surface area contributed by atoms with Gasteiger partial charge < -0.3 is 5.32 Å². The second-order valence-corrected chi connectivity index (χ2v) is 3.49. The van der Waals surface area contributed by atoms with Crippen LogP contribution in [0.4, 0.5) is 5.82 Å². The standard InChI is InChI=1S/C11H8ClN3O/c12-9-1-2-10(14-7-9)15-11(16)8-3-5-13-6-4-8/h1-7H,(H,14,15,16). The molecule has 4 nitrogen and oxygen atoms in total. The molecular formula is C11H8ClN3O. The molecule has 0 atom stereocenters. The molecule has 2 aromatic heterocycles. The molecule has 0 saturated heterocycles. The molecule has 2 rings (SSSR count). The zero-order valence-electron chi connectivity index (χ0n) is 8.22. The van der Waals surface area contributed by atoms with Crippen LogP contribution in [0.1, 0.15) is 10.4 Å². The summed E-state index contributed by atoms with van der Waals surface area (Å²) in [5.74, 6) is 0.239. The quantitative estimate of drug-likeness (QED) is 0.867. The fourth-order valence-electron chi connectivity index (χ4n) is 1.14. The van der Waals surface area contributed by atoms with E-state index >= 15 is 0 Å². The lowest BCUT2D eigenvalue weighted by Gasteiger charge is -2.03. The number of hydrogen-bond donors (Lipinski definition) is 1. The lowest BCUT2D eigenvalue weighted by Crippen LogP contribution is -2.12. The number of carbonyl (C=O) groups is 1. The van der Waals surface area contributed by atoms with Crippen molar-refractivity contribution in [2.45, 2.75) is 0 Å². The predicted molar refractivity (Wildman–Crippen MR) is 61.4 cm³/mol. The summed E-state index contributed by atoms with van der Waals surface area (Å²) in [5, 5.41) is 3.18. The summed E-state index contributed by atoms with van der Waals surface area (Å²) in [7, 11) is 0. The molecule has 5 heteroatoms. The van der Waals surface area contributed by atoms with Crippen molar-refractivity contribution in [2.75, 3.05) is 5.32 Å². The Bertz CT molecular complexity index is 484. The molecule has 2 heterocycles. The molecule has 0 unspecified atom stereocenters. The van der Waals surface area contributed by atoms with E-state index in [1.807, 2.05) is 0 Å². The Labute approximate surface area is 97.3 Å². The second kappa shape index (κ2) is 4.72. The van der Waals surface area contributed by atoms with Crippen LogP contribution in [0.3, 0.4) is 0 Å². The zero-order valence-corrected chi connectivity index (χ0v) is 8.98. The predicted octanol–water partition coefficient (Wildman–Crippen LogP) is 2.38. The minimum absolute atomic E-state index is 0.225. The van der Waals surface area contributed by atoms with Crippen molar-refractivity contribution >= 4 is 23.3 Å². The fraction of sp³-hybridized carbons (Fsp3) is 0. The fourth-order valence-corrected chi connectivity index (χ4v) is 1.25. The molecule has 1 N–H and O–H groups in total. The van der Waals surface area contributed by atoms with Crippen LogP contribution in [0, 0.1) is 0 Å². The van der Waals surface area contributed by atoms with E-state index in [0.29, 0.717) is 16.4 Å². The number of hydrogen-bond acceptors (Lipinski definition) is 3. The van der Waals surface area contributed by atoms with Crippen molar-refractivity contribution in [2.24, 2.45) is 0 Å². The van der Waals surface area contributed by atoms with Crippen LogP contribution < -0.4 is 5.32 Å². The third-order valence-electron chi connectivity index (χ3n) is 1.91. The van der Waals surface area contributed by atoms with E-state index < -0.39 is 0 Å². The van der Waals surface area contributed by atoms with Gasteiger partial charge in [0.25, 0.3) is 5.91 Å². The van der Waals surface area contributed by atoms with Gasteiger partial charge in [-0.2, -0.15) is 0 Å². The van der Waals surface area contributed by atoms with Gasteiger partial charge in [0.1, 0.15) is 5.82 Å². The Morgan fingerprint density at radius 3 is 2.56 bits per heavy atom. The number of rotatable bonds is 2. The van der Waals surface area contributed by atoms with Crippen LogP contribution >= 0.6 is 11.6 Å². The summed E-state index contributed by atoms with van der Waals surface area (Å²) in [5.41, 5.74) is 0.534. The average molecular weight is 234 g/mol. The molecule has 0 radical (unpaired) electrons. The van der Waals surface area contributed by atoms with Gasteiger partial charge >= 0.3 is 0 Å². The molecule has 0 aliphatic rings. The number of anilines is 1. The number of nitrogens with zero attached hydrogens (tertiary/aromatic N) is 2. The van der Waals surface area contributed by atoms with Crippen LogP contribution in [-0.4, -0.2) is 15.9 Å². The monoisotopic (exact) mass is 233 g/mol. The van der Waals surface area contributed by atoms with Crippen LogP contribution in [0.25, 0.3) is 0 Å². The van der Waals surface area contributed by atoms with E-state index in [-0.39, 0.29) is 5.91 Å². The first-order chi connectivity index (χ1) is 7.75. The minimum atomic E-state index is -0.225. The summed E-state index contributed by atoms with van der Waals surface area (Å²) in [6.07, 6.45) is 4.60. The first-order valence-electron chi connectivity index (χ1n) is 4.58. The third kappa shape index (κ3) is 2.55. The topological polar surface area (TPSA) is 54.9 Å². The highest BCUT2D eigenvalue weighted by atomic mass is 35.5. The van der Waals surface area contributed by atoms with Gasteiger partial charge in [0, 0.05) is 24.2 Å². The minimum Gasteiger partial charge on any atom is -0.307 e. The highest BCUT2D eigenvalue weighted by Gasteiger charge is 2.05. The highest BCUT2D eigenvalue weighted by Crippen LogP contribution is 2.10. The molecule has 0 aliphatic heterocycles. The first-order valence-corrected chi connectivity index (χ1v) is 4.96. The van der Waals surface area contributed by atoms with Gasteiger partial charge in [-0.3, -0.25) is 9.78 Å². The number of nitrogens with one attached hydrogen (secondary N) is 1. The number of halogens is 1. The Morgan fingerprint density at radius 1 is 1.19 bits per heavy atom. The van der Waals surface area contributed by atoms with E-state index in [1.165, 1.54) is 6.20 Å². The Hall–Kier alpha value is -1.94. The van der Waals surface area contributed by atoms with Crippen LogP contribution in [0.5, 0.6) is 0 Å². The van der Waals surface area contributed by atoms with Crippen molar-refractivity contribution in [3.05, 3.63) is 53.4 Å². The first kappa shape index (κ1) is 10.6. The van der Waals surface area contributed by atoms with Gasteiger partial charge in [0.2, 0.25) is 0 Å². The maximum atomic E-state index is 11.7. The molecular weight excluding hydrogens is 226 g/mol. The smallest absolute Gasteiger partial charge is 0.256 e. The Balaban J connectivity index is 2.11. The van der Waals surface area contributed by atoms with Crippen molar-refractivity contribution in [3.63, 3.8) is 0 Å². The largest absolute Gasteiger partial charge is 0.307 e. The lowest BCUT2D eigenvalue weighted by molar-refractivity contribution is 0.102. The number of amides is 1. The number of pyridine rings is 2. The van der Waals surface area contributed by atoms with Crippen molar-refractivity contribution in [3.8, 4) is 0 Å². The van der Waals surface area contributed by atoms with Gasteiger partial charge in [0.05, 0.1) is 5.02 Å². The molecule has 1 amide bonds. The van der Waals surface area contributed by atoms with Gasteiger partial charge in [0.15, 0.2) is 0 Å². The molecule has 2 aromatic rings. The van der Waals surface area contributed by atoms with E-state index in [2.05, 4.69) is 15.3 Å². The van der Waals surface area contributed by atoms with Crippen LogP contribution in [0.15, 0.2) is 42.9 Å². The third-order valence-corrected chi connectivity index (χ3v) is 2.14. The molecule has 0 aliphatic carbocycles. The Morgan fingerprint density at radius 2 is 1.94 bits per heavy atom. The van der Waals surface area contributed by atoms with Gasteiger partial charge in [-0.15, -0.1) is 0 Å². The molecule has 0 fully saturated rings. The summed E-state index contributed by atoms with van der Waals surface area (Å²) in [6.45, 7) is 0. The summed E-state index contributed by atoms with van der Waals surface area (Å²) < 4.78 is 0. The van der Waals surface area contributed by atoms with Gasteiger partial charge in [-0.1, -0.05) is 11.6 Å². The lowest BCUT2D eigenvalue weighted by atomic mass is 10.2. The van der Waals surface area contributed by atoms with E-state index in [0.717, 1.165) is 0 Å². The Kier molecular flexibility index (Phi) is 3.12. The van der Waals surface area contributed by atoms with E-state index in [9.17, 15) is 4.79 Å². The molecule has 16 heavy (non-hydrogen) atoms. The van der Waals surface area contributed by atoms with Crippen LogP contribution in [-0.2, 0) is 0 Å². The zero-order chi connectivity index (χ0) is 11.4. The van der Waals surface area contributed by atoms with Crippen LogP contribution in [0.2, 0.25) is 5.02 Å². The van der Waals surface area contributed by atoms with E-state index in [1.54, 1.807) is 36.7 Å². The van der Waals surface area contributed by atoms with Crippen molar-refractivity contribution in [1.82, 2.24) is 9.97 Å². The molecule has 0 aromatic carbocycles. The normalized spacial score (nSPS) is 9.81. The molecule has 0 spiro atoms. The maximum absolute atomic E-state index is 11.7. The van der Waals surface area contributed by atoms with Gasteiger partial charge in [-0.05, 0) is 24.3 Å². The molecule has 0 bridgehead atoms. The molecule has 0 saturated carbocycles. The second-order valence-electron chi connectivity index (χ2n) is 3.05. The maximum Gasteiger partial charge on any atom is 0.256 e. The van der Waals surface area contributed by atoms with Crippen molar-refractivity contribution < 1.29 is 4.79 Å². The summed E-state index contributed by atoms with van der Waals surface area (Å²) >= 11 is 5.68. The highest BCUT2D eigenvalue weighted by molar-refractivity contribution is 6.30. The SMILES string of the molecule is O=C(Nc1ccc(Cl)cn1)c1ccncc1. The number of carbonyl (C=O) groups excluding carboxylic acids is 1. The summed E-state index contributed by atoms with van der Waals surface area (Å²) in [6, 6.07) is 6.56. The number of aromatic nitrogens is 2. The van der Waals surface area contributed by atoms with E-state index in [4.69, 9.17) is 11.6 Å². The van der Waals surface area contributed by atoms with Crippen molar-refractivity contribution in [1.29, 1.82) is 0 Å². The average Bonchev–Trinajstić information content (AvgIpc) is 2.33.